The molecule has 2 aromatic carbocycles. The van der Waals surface area contributed by atoms with E-state index in [1.807, 2.05) is 19.1 Å². The molecule has 4 nitrogen and oxygen atoms in total. The second-order valence-corrected chi connectivity index (χ2v) is 7.36. The molecule has 140 valence electrons. The van der Waals surface area contributed by atoms with Crippen molar-refractivity contribution >= 4 is 40.7 Å². The van der Waals surface area contributed by atoms with Crippen LogP contribution in [0.3, 0.4) is 0 Å². The number of aryl methyl sites for hydroxylation is 1. The highest BCUT2D eigenvalue weighted by Crippen LogP contribution is 2.30. The molecule has 3 rings (SSSR count). The number of carbonyl (C=O) groups is 1. The Bertz CT molecular complexity index is 939. The van der Waals surface area contributed by atoms with Crippen LogP contribution in [0.1, 0.15) is 30.8 Å². The maximum Gasteiger partial charge on any atom is 0.220 e. The van der Waals surface area contributed by atoms with Gasteiger partial charge in [-0.15, -0.1) is 0 Å². The van der Waals surface area contributed by atoms with Gasteiger partial charge in [0.15, 0.2) is 11.7 Å². The Balaban J connectivity index is 1.56. The van der Waals surface area contributed by atoms with Crippen LogP contribution < -0.4 is 5.32 Å². The summed E-state index contributed by atoms with van der Waals surface area (Å²) in [5.41, 5.74) is 1.70. The molecule has 1 N–H and O–H groups in total. The monoisotopic (exact) mass is 422 g/mol. The van der Waals surface area contributed by atoms with Gasteiger partial charge in [0, 0.05) is 28.5 Å². The molecule has 3 aromatic rings. The fraction of sp³-hybridized carbons (Fsp3) is 0.200. The lowest BCUT2D eigenvalue weighted by molar-refractivity contribution is -0.121. The molecule has 0 saturated heterocycles. The number of amides is 1. The van der Waals surface area contributed by atoms with Crippen molar-refractivity contribution in [1.29, 1.82) is 0 Å². The Morgan fingerprint density at radius 3 is 2.52 bits per heavy atom. The molecule has 0 aliphatic rings. The smallest absolute Gasteiger partial charge is 0.220 e. The number of hydrogen-bond acceptors (Lipinski definition) is 3. The number of aromatic nitrogens is 1. The number of benzene rings is 2. The summed E-state index contributed by atoms with van der Waals surface area (Å²) in [5.74, 6) is 0.939. The first kappa shape index (κ1) is 19.7. The topological polar surface area (TPSA) is 55.1 Å². The normalized spacial score (nSPS) is 12.0. The number of halogens is 3. The van der Waals surface area contributed by atoms with E-state index in [-0.39, 0.29) is 18.4 Å². The van der Waals surface area contributed by atoms with E-state index in [1.165, 1.54) is 0 Å². The van der Waals surface area contributed by atoms with E-state index in [0.717, 1.165) is 5.56 Å². The minimum Gasteiger partial charge on any atom is -0.441 e. The molecule has 0 aliphatic carbocycles. The second-order valence-electron chi connectivity index (χ2n) is 6.08. The van der Waals surface area contributed by atoms with E-state index in [4.69, 9.17) is 39.2 Å². The molecule has 7 heteroatoms. The van der Waals surface area contributed by atoms with Crippen LogP contribution in [0, 0.1) is 0 Å². The first-order valence-corrected chi connectivity index (χ1v) is 9.50. The van der Waals surface area contributed by atoms with Crippen LogP contribution in [-0.2, 0) is 11.2 Å². The molecular weight excluding hydrogens is 407 g/mol. The molecule has 0 aliphatic heterocycles. The van der Waals surface area contributed by atoms with Crippen molar-refractivity contribution in [2.45, 2.75) is 25.8 Å². The Hall–Kier alpha value is -2.01. The molecule has 0 fully saturated rings. The second kappa shape index (κ2) is 8.79. The van der Waals surface area contributed by atoms with Crippen LogP contribution in [0.2, 0.25) is 15.1 Å². The molecular formula is C20H17Cl3N2O2. The average molecular weight is 424 g/mol. The molecule has 0 spiro atoms. The van der Waals surface area contributed by atoms with Crippen molar-refractivity contribution in [3.8, 4) is 11.3 Å². The quantitative estimate of drug-likeness (QED) is 0.520. The Morgan fingerprint density at radius 2 is 1.81 bits per heavy atom. The largest absolute Gasteiger partial charge is 0.441 e. The lowest BCUT2D eigenvalue weighted by Gasteiger charge is -2.14. The van der Waals surface area contributed by atoms with Gasteiger partial charge >= 0.3 is 0 Å². The van der Waals surface area contributed by atoms with E-state index >= 15 is 0 Å². The third-order valence-electron chi connectivity index (χ3n) is 4.06. The molecule has 1 amide bonds. The van der Waals surface area contributed by atoms with Gasteiger partial charge in [-0.05, 0) is 42.8 Å². The molecule has 27 heavy (non-hydrogen) atoms. The van der Waals surface area contributed by atoms with Gasteiger partial charge in [0.1, 0.15) is 0 Å². The van der Waals surface area contributed by atoms with Gasteiger partial charge in [-0.3, -0.25) is 4.79 Å². The lowest BCUT2D eigenvalue weighted by Crippen LogP contribution is -2.26. The fourth-order valence-electron chi connectivity index (χ4n) is 2.61. The van der Waals surface area contributed by atoms with Gasteiger partial charge in [-0.1, -0.05) is 46.9 Å². The maximum absolute atomic E-state index is 12.2. The van der Waals surface area contributed by atoms with Crippen LogP contribution in [0.25, 0.3) is 11.3 Å². The van der Waals surface area contributed by atoms with Crippen molar-refractivity contribution in [2.24, 2.45) is 0 Å². The molecule has 1 heterocycles. The van der Waals surface area contributed by atoms with Crippen molar-refractivity contribution in [2.75, 3.05) is 0 Å². The Morgan fingerprint density at radius 1 is 1.11 bits per heavy atom. The first-order chi connectivity index (χ1) is 12.9. The standard InChI is InChI=1S/C20H17Cl3N2O2/c1-12(13-2-4-14(21)5-3-13)25-19(26)8-9-20-24-11-18(27-20)16-7-6-15(22)10-17(16)23/h2-7,10-12H,8-9H2,1H3,(H,25,26)/t12-/m1/s1. The average Bonchev–Trinajstić information content (AvgIpc) is 3.09. The summed E-state index contributed by atoms with van der Waals surface area (Å²) in [6.07, 6.45) is 2.26. The van der Waals surface area contributed by atoms with Crippen LogP contribution >= 0.6 is 34.8 Å². The zero-order chi connectivity index (χ0) is 19.4. The number of rotatable bonds is 6. The predicted molar refractivity (Wildman–Crippen MR) is 108 cm³/mol. The van der Waals surface area contributed by atoms with E-state index in [9.17, 15) is 4.79 Å². The van der Waals surface area contributed by atoms with Gasteiger partial charge in [0.2, 0.25) is 5.91 Å². The van der Waals surface area contributed by atoms with Crippen LogP contribution in [0.15, 0.2) is 53.1 Å². The van der Waals surface area contributed by atoms with Gasteiger partial charge in [-0.2, -0.15) is 0 Å². The van der Waals surface area contributed by atoms with Gasteiger partial charge in [-0.25, -0.2) is 4.98 Å². The summed E-state index contributed by atoms with van der Waals surface area (Å²) in [6, 6.07) is 12.4. The van der Waals surface area contributed by atoms with Crippen molar-refractivity contribution < 1.29 is 9.21 Å². The SMILES string of the molecule is C[C@@H](NC(=O)CCc1ncc(-c2ccc(Cl)cc2Cl)o1)c1ccc(Cl)cc1. The number of nitrogens with zero attached hydrogens (tertiary/aromatic N) is 1. The number of oxazole rings is 1. The van der Waals surface area contributed by atoms with Crippen LogP contribution in [0.5, 0.6) is 0 Å². The minimum absolute atomic E-state index is 0.0817. The Labute approximate surface area is 172 Å². The van der Waals surface area contributed by atoms with E-state index < -0.39 is 0 Å². The molecule has 1 atom stereocenters. The summed E-state index contributed by atoms with van der Waals surface area (Å²) in [7, 11) is 0. The van der Waals surface area contributed by atoms with Gasteiger partial charge in [0.05, 0.1) is 17.3 Å². The number of carbonyl (C=O) groups excluding carboxylic acids is 1. The highest BCUT2D eigenvalue weighted by Gasteiger charge is 2.13. The molecule has 0 unspecified atom stereocenters. The number of nitrogens with one attached hydrogen (secondary N) is 1. The van der Waals surface area contributed by atoms with Gasteiger partial charge in [0.25, 0.3) is 0 Å². The van der Waals surface area contributed by atoms with E-state index in [2.05, 4.69) is 10.3 Å². The van der Waals surface area contributed by atoms with E-state index in [0.29, 0.717) is 38.7 Å². The maximum atomic E-state index is 12.2. The third-order valence-corrected chi connectivity index (χ3v) is 4.86. The molecule has 0 saturated carbocycles. The van der Waals surface area contributed by atoms with Crippen molar-refractivity contribution in [3.05, 3.63) is 75.2 Å². The number of hydrogen-bond donors (Lipinski definition) is 1. The van der Waals surface area contributed by atoms with Gasteiger partial charge < -0.3 is 9.73 Å². The van der Waals surface area contributed by atoms with E-state index in [1.54, 1.807) is 36.5 Å². The summed E-state index contributed by atoms with van der Waals surface area (Å²) >= 11 is 18.0. The van der Waals surface area contributed by atoms with Crippen LogP contribution in [-0.4, -0.2) is 10.9 Å². The first-order valence-electron chi connectivity index (χ1n) is 8.37. The molecule has 1 aromatic heterocycles. The summed E-state index contributed by atoms with van der Waals surface area (Å²) < 4.78 is 5.71. The summed E-state index contributed by atoms with van der Waals surface area (Å²) in [4.78, 5) is 16.4. The Kier molecular flexibility index (Phi) is 6.42. The highest BCUT2D eigenvalue weighted by atomic mass is 35.5. The minimum atomic E-state index is -0.109. The third kappa shape index (κ3) is 5.25. The van der Waals surface area contributed by atoms with Crippen molar-refractivity contribution in [3.63, 3.8) is 0 Å². The lowest BCUT2D eigenvalue weighted by atomic mass is 10.1. The fourth-order valence-corrected chi connectivity index (χ4v) is 3.24. The summed E-state index contributed by atoms with van der Waals surface area (Å²) in [6.45, 7) is 1.92. The zero-order valence-corrected chi connectivity index (χ0v) is 16.8. The summed E-state index contributed by atoms with van der Waals surface area (Å²) in [5, 5.41) is 4.65. The predicted octanol–water partition coefficient (Wildman–Crippen LogP) is 6.11. The highest BCUT2D eigenvalue weighted by molar-refractivity contribution is 6.36. The van der Waals surface area contributed by atoms with Crippen LogP contribution in [0.4, 0.5) is 0 Å². The van der Waals surface area contributed by atoms with Crippen molar-refractivity contribution in [1.82, 2.24) is 10.3 Å². The zero-order valence-electron chi connectivity index (χ0n) is 14.5. The molecule has 0 radical (unpaired) electrons. The molecule has 0 bridgehead atoms.